The summed E-state index contributed by atoms with van der Waals surface area (Å²) < 4.78 is 1.08. The Balaban J connectivity index is 1.63. The Labute approximate surface area is 133 Å². The minimum atomic E-state index is 0.211. The summed E-state index contributed by atoms with van der Waals surface area (Å²) in [5.74, 6) is 0.211. The zero-order valence-corrected chi connectivity index (χ0v) is 14.3. The molecule has 5 heteroatoms. The van der Waals surface area contributed by atoms with E-state index < -0.39 is 0 Å². The second kappa shape index (κ2) is 6.16. The molecule has 3 nitrogen and oxygen atoms in total. The van der Waals surface area contributed by atoms with Gasteiger partial charge in [-0.1, -0.05) is 6.42 Å². The van der Waals surface area contributed by atoms with Crippen molar-refractivity contribution in [3.05, 3.63) is 20.3 Å². The molecule has 2 fully saturated rings. The summed E-state index contributed by atoms with van der Waals surface area (Å²) >= 11 is 5.06. The highest BCUT2D eigenvalue weighted by molar-refractivity contribution is 9.11. The van der Waals surface area contributed by atoms with Gasteiger partial charge in [-0.3, -0.25) is 9.69 Å². The van der Waals surface area contributed by atoms with E-state index in [0.717, 1.165) is 33.7 Å². The molecule has 3 rings (SSSR count). The van der Waals surface area contributed by atoms with Crippen molar-refractivity contribution in [2.45, 2.75) is 38.6 Å². The van der Waals surface area contributed by atoms with Crippen molar-refractivity contribution in [2.24, 2.45) is 0 Å². The highest BCUT2D eigenvalue weighted by Gasteiger charge is 2.31. The smallest absolute Gasteiger partial charge is 0.264 e. The molecule has 0 radical (unpaired) electrons. The normalized spacial score (nSPS) is 24.3. The maximum Gasteiger partial charge on any atom is 0.264 e. The van der Waals surface area contributed by atoms with Gasteiger partial charge in [0.1, 0.15) is 0 Å². The maximum absolute atomic E-state index is 12.5. The van der Waals surface area contributed by atoms with E-state index >= 15 is 0 Å². The van der Waals surface area contributed by atoms with E-state index in [9.17, 15) is 4.79 Å². The lowest BCUT2D eigenvalue weighted by molar-refractivity contribution is 0.0776. The van der Waals surface area contributed by atoms with Gasteiger partial charge < -0.3 is 4.90 Å². The van der Waals surface area contributed by atoms with Crippen molar-refractivity contribution in [3.63, 3.8) is 0 Å². The zero-order valence-electron chi connectivity index (χ0n) is 11.9. The quantitative estimate of drug-likeness (QED) is 0.809. The van der Waals surface area contributed by atoms with Crippen LogP contribution < -0.4 is 0 Å². The van der Waals surface area contributed by atoms with Gasteiger partial charge in [0.25, 0.3) is 5.91 Å². The van der Waals surface area contributed by atoms with Crippen LogP contribution in [0, 0.1) is 6.92 Å². The van der Waals surface area contributed by atoms with Crippen LogP contribution in [-0.4, -0.2) is 47.9 Å². The topological polar surface area (TPSA) is 23.6 Å². The molecular formula is C15H21BrN2OS. The van der Waals surface area contributed by atoms with Crippen LogP contribution in [0.2, 0.25) is 0 Å². The van der Waals surface area contributed by atoms with Crippen molar-refractivity contribution in [1.29, 1.82) is 0 Å². The van der Waals surface area contributed by atoms with Crippen LogP contribution in [0.4, 0.5) is 0 Å². The average molecular weight is 357 g/mol. The van der Waals surface area contributed by atoms with Gasteiger partial charge in [-0.15, -0.1) is 11.3 Å². The number of hydrogen-bond donors (Lipinski definition) is 0. The number of carbonyl (C=O) groups excluding carboxylic acids is 1. The van der Waals surface area contributed by atoms with Gasteiger partial charge in [0.15, 0.2) is 0 Å². The van der Waals surface area contributed by atoms with Crippen molar-refractivity contribution >= 4 is 33.2 Å². The Morgan fingerprint density at radius 1 is 1.30 bits per heavy atom. The summed E-state index contributed by atoms with van der Waals surface area (Å²) in [4.78, 5) is 18.0. The first-order valence-electron chi connectivity index (χ1n) is 7.44. The summed E-state index contributed by atoms with van der Waals surface area (Å²) in [6.45, 7) is 6.30. The van der Waals surface area contributed by atoms with Crippen LogP contribution in [0.3, 0.4) is 0 Å². The van der Waals surface area contributed by atoms with Gasteiger partial charge in [-0.05, 0) is 66.8 Å². The van der Waals surface area contributed by atoms with Crippen molar-refractivity contribution in [1.82, 2.24) is 9.80 Å². The first kappa shape index (κ1) is 14.5. The molecule has 3 heterocycles. The standard InChI is InChI=1S/C15H21BrN2OS/c1-11-9-13(20-14(11)16)15(19)18-8-5-12(10-18)17-6-3-2-4-7-17/h9,12H,2-8,10H2,1H3. The van der Waals surface area contributed by atoms with E-state index in [2.05, 4.69) is 20.8 Å². The second-order valence-electron chi connectivity index (χ2n) is 5.86. The Morgan fingerprint density at radius 3 is 2.70 bits per heavy atom. The third kappa shape index (κ3) is 2.95. The van der Waals surface area contributed by atoms with Crippen LogP contribution >= 0.6 is 27.3 Å². The fourth-order valence-electron chi connectivity index (χ4n) is 3.23. The lowest BCUT2D eigenvalue weighted by atomic mass is 10.1. The lowest BCUT2D eigenvalue weighted by Gasteiger charge is -2.32. The fraction of sp³-hybridized carbons (Fsp3) is 0.667. The Hall–Kier alpha value is -0.390. The molecule has 1 aromatic rings. The molecule has 0 N–H and O–H groups in total. The summed E-state index contributed by atoms with van der Waals surface area (Å²) in [6.07, 6.45) is 5.15. The van der Waals surface area contributed by atoms with E-state index in [4.69, 9.17) is 0 Å². The molecule has 0 aromatic carbocycles. The largest absolute Gasteiger partial charge is 0.336 e. The molecule has 0 spiro atoms. The summed E-state index contributed by atoms with van der Waals surface area (Å²) in [5, 5.41) is 0. The molecule has 20 heavy (non-hydrogen) atoms. The van der Waals surface area contributed by atoms with Crippen molar-refractivity contribution < 1.29 is 4.79 Å². The number of halogens is 1. The van der Waals surface area contributed by atoms with Crippen LogP contribution in [0.5, 0.6) is 0 Å². The predicted octanol–water partition coefficient (Wildman–Crippen LogP) is 3.52. The molecule has 0 saturated carbocycles. The molecule has 2 saturated heterocycles. The van der Waals surface area contributed by atoms with Crippen molar-refractivity contribution in [3.8, 4) is 0 Å². The van der Waals surface area contributed by atoms with Gasteiger partial charge in [-0.25, -0.2) is 0 Å². The number of likely N-dealkylation sites (tertiary alicyclic amines) is 2. The van der Waals surface area contributed by atoms with Gasteiger partial charge in [-0.2, -0.15) is 0 Å². The number of rotatable bonds is 2. The van der Waals surface area contributed by atoms with E-state index in [0.29, 0.717) is 6.04 Å². The predicted molar refractivity (Wildman–Crippen MR) is 86.5 cm³/mol. The Bertz CT molecular complexity index is 477. The second-order valence-corrected chi connectivity index (χ2v) is 8.23. The van der Waals surface area contributed by atoms with Crippen LogP contribution in [-0.2, 0) is 0 Å². The number of amides is 1. The molecule has 1 unspecified atom stereocenters. The highest BCUT2D eigenvalue weighted by atomic mass is 79.9. The minimum Gasteiger partial charge on any atom is -0.336 e. The molecule has 1 atom stereocenters. The van der Waals surface area contributed by atoms with Gasteiger partial charge in [0, 0.05) is 19.1 Å². The van der Waals surface area contributed by atoms with Crippen LogP contribution in [0.15, 0.2) is 9.85 Å². The van der Waals surface area contributed by atoms with Gasteiger partial charge in [0.2, 0.25) is 0 Å². The molecule has 0 bridgehead atoms. The lowest BCUT2D eigenvalue weighted by Crippen LogP contribution is -2.41. The molecule has 2 aliphatic rings. The fourth-order valence-corrected chi connectivity index (χ4v) is 4.73. The number of thiophene rings is 1. The monoisotopic (exact) mass is 356 g/mol. The van der Waals surface area contributed by atoms with Crippen molar-refractivity contribution in [2.75, 3.05) is 26.2 Å². The number of piperidine rings is 1. The molecular weight excluding hydrogens is 336 g/mol. The Kier molecular flexibility index (Phi) is 4.48. The highest BCUT2D eigenvalue weighted by Crippen LogP contribution is 2.29. The summed E-state index contributed by atoms with van der Waals surface area (Å²) in [7, 11) is 0. The number of nitrogens with zero attached hydrogens (tertiary/aromatic N) is 2. The van der Waals surface area contributed by atoms with Crippen LogP contribution in [0.1, 0.15) is 40.9 Å². The van der Waals surface area contributed by atoms with Gasteiger partial charge >= 0.3 is 0 Å². The SMILES string of the molecule is Cc1cc(C(=O)N2CCC(N3CCCCC3)C2)sc1Br. The third-order valence-electron chi connectivity index (χ3n) is 4.43. The summed E-state index contributed by atoms with van der Waals surface area (Å²) in [6, 6.07) is 2.59. The number of aryl methyl sites for hydroxylation is 1. The van der Waals surface area contributed by atoms with E-state index in [1.807, 2.05) is 17.9 Å². The molecule has 110 valence electrons. The number of hydrogen-bond acceptors (Lipinski definition) is 3. The number of carbonyl (C=O) groups is 1. The van der Waals surface area contributed by atoms with Gasteiger partial charge in [0.05, 0.1) is 8.66 Å². The molecule has 0 aliphatic carbocycles. The third-order valence-corrected chi connectivity index (χ3v) is 6.55. The first-order chi connectivity index (χ1) is 9.65. The summed E-state index contributed by atoms with van der Waals surface area (Å²) in [5.41, 5.74) is 1.16. The Morgan fingerprint density at radius 2 is 2.05 bits per heavy atom. The molecule has 1 amide bonds. The average Bonchev–Trinajstić information content (AvgIpc) is 3.07. The molecule has 2 aliphatic heterocycles. The van der Waals surface area contributed by atoms with E-state index in [-0.39, 0.29) is 5.91 Å². The first-order valence-corrected chi connectivity index (χ1v) is 9.05. The zero-order chi connectivity index (χ0) is 14.1. The van der Waals surface area contributed by atoms with Crippen LogP contribution in [0.25, 0.3) is 0 Å². The molecule has 1 aromatic heterocycles. The minimum absolute atomic E-state index is 0.211. The maximum atomic E-state index is 12.5. The van der Waals surface area contributed by atoms with E-state index in [1.165, 1.54) is 32.4 Å². The van der Waals surface area contributed by atoms with E-state index in [1.54, 1.807) is 11.3 Å².